The lowest BCUT2D eigenvalue weighted by Gasteiger charge is -2.36. The number of aryl methyl sites for hydroxylation is 1. The molecule has 2 heterocycles. The van der Waals surface area contributed by atoms with Gasteiger partial charge in [0.15, 0.2) is 10.9 Å². The van der Waals surface area contributed by atoms with E-state index in [0.29, 0.717) is 0 Å². The first-order chi connectivity index (χ1) is 12.6. The van der Waals surface area contributed by atoms with E-state index < -0.39 is 0 Å². The first-order valence-electron chi connectivity index (χ1n) is 9.14. The van der Waals surface area contributed by atoms with Gasteiger partial charge in [-0.3, -0.25) is 4.79 Å². The highest BCUT2D eigenvalue weighted by Gasteiger charge is 2.20. The van der Waals surface area contributed by atoms with E-state index in [-0.39, 0.29) is 5.78 Å². The predicted molar refractivity (Wildman–Crippen MR) is 110 cm³/mol. The van der Waals surface area contributed by atoms with Gasteiger partial charge in [0, 0.05) is 37.4 Å². The van der Waals surface area contributed by atoms with Gasteiger partial charge < -0.3 is 9.80 Å². The zero-order chi connectivity index (χ0) is 18.1. The summed E-state index contributed by atoms with van der Waals surface area (Å²) in [4.78, 5) is 21.0. The van der Waals surface area contributed by atoms with E-state index in [2.05, 4.69) is 47.1 Å². The number of ketones is 1. The average molecular weight is 366 g/mol. The summed E-state index contributed by atoms with van der Waals surface area (Å²) in [6, 6.07) is 14.5. The largest absolute Gasteiger partial charge is 0.368 e. The minimum absolute atomic E-state index is 0.114. The van der Waals surface area contributed by atoms with Crippen molar-refractivity contribution in [2.75, 3.05) is 36.0 Å². The quantitative estimate of drug-likeness (QED) is 0.643. The summed E-state index contributed by atoms with van der Waals surface area (Å²) in [6.45, 7) is 7.66. The SMILES string of the molecule is CCc1ccc2nc(N3CCN(c4ccc(C(C)=O)cc4)CC3)sc2c1. The summed E-state index contributed by atoms with van der Waals surface area (Å²) < 4.78 is 1.28. The highest BCUT2D eigenvalue weighted by molar-refractivity contribution is 7.22. The Hall–Kier alpha value is -2.40. The van der Waals surface area contributed by atoms with Crippen molar-refractivity contribution in [2.45, 2.75) is 20.3 Å². The Balaban J connectivity index is 1.45. The average Bonchev–Trinajstić information content (AvgIpc) is 3.11. The number of hydrogen-bond donors (Lipinski definition) is 0. The first kappa shape index (κ1) is 17.0. The molecule has 1 saturated heterocycles. The van der Waals surface area contributed by atoms with Crippen molar-refractivity contribution in [3.8, 4) is 0 Å². The molecule has 5 heteroatoms. The molecule has 0 saturated carbocycles. The van der Waals surface area contributed by atoms with E-state index in [1.807, 2.05) is 12.1 Å². The number of piperazine rings is 1. The van der Waals surface area contributed by atoms with Gasteiger partial charge in [-0.15, -0.1) is 0 Å². The van der Waals surface area contributed by atoms with Crippen LogP contribution in [0.2, 0.25) is 0 Å². The van der Waals surface area contributed by atoms with E-state index >= 15 is 0 Å². The molecule has 0 atom stereocenters. The van der Waals surface area contributed by atoms with Crippen molar-refractivity contribution in [3.05, 3.63) is 53.6 Å². The minimum atomic E-state index is 0.114. The van der Waals surface area contributed by atoms with Crippen LogP contribution in [-0.4, -0.2) is 36.9 Å². The third-order valence-corrected chi connectivity index (χ3v) is 6.12. The van der Waals surface area contributed by atoms with E-state index in [1.54, 1.807) is 18.3 Å². The fourth-order valence-corrected chi connectivity index (χ4v) is 4.46. The monoisotopic (exact) mass is 365 g/mol. The molecule has 2 aromatic carbocycles. The number of anilines is 2. The molecule has 1 aliphatic rings. The van der Waals surface area contributed by atoms with Crippen molar-refractivity contribution < 1.29 is 4.79 Å². The van der Waals surface area contributed by atoms with Crippen LogP contribution in [-0.2, 0) is 6.42 Å². The van der Waals surface area contributed by atoms with Gasteiger partial charge in [-0.05, 0) is 55.3 Å². The van der Waals surface area contributed by atoms with Crippen LogP contribution in [0, 0.1) is 0 Å². The number of carbonyl (C=O) groups excluding carboxylic acids is 1. The van der Waals surface area contributed by atoms with Crippen LogP contribution in [0.3, 0.4) is 0 Å². The maximum atomic E-state index is 11.4. The Morgan fingerprint density at radius 1 is 1.04 bits per heavy atom. The second kappa shape index (κ2) is 7.08. The number of aromatic nitrogens is 1. The molecule has 1 fully saturated rings. The number of Topliss-reactive ketones (excluding diaryl/α,β-unsaturated/α-hetero) is 1. The van der Waals surface area contributed by atoms with Gasteiger partial charge in [0.1, 0.15) is 0 Å². The van der Waals surface area contributed by atoms with Crippen molar-refractivity contribution in [1.29, 1.82) is 0 Å². The third-order valence-electron chi connectivity index (χ3n) is 5.04. The Morgan fingerprint density at radius 3 is 2.38 bits per heavy atom. The second-order valence-corrected chi connectivity index (χ2v) is 7.74. The molecule has 0 unspecified atom stereocenters. The lowest BCUT2D eigenvalue weighted by atomic mass is 10.1. The van der Waals surface area contributed by atoms with Crippen LogP contribution in [0.15, 0.2) is 42.5 Å². The molecular weight excluding hydrogens is 342 g/mol. The molecule has 0 bridgehead atoms. The molecule has 1 aliphatic heterocycles. The van der Waals surface area contributed by atoms with E-state index in [4.69, 9.17) is 4.98 Å². The molecule has 3 aromatic rings. The lowest BCUT2D eigenvalue weighted by molar-refractivity contribution is 0.101. The smallest absolute Gasteiger partial charge is 0.186 e. The zero-order valence-electron chi connectivity index (χ0n) is 15.2. The van der Waals surface area contributed by atoms with Gasteiger partial charge in [-0.25, -0.2) is 4.98 Å². The maximum absolute atomic E-state index is 11.4. The summed E-state index contributed by atoms with van der Waals surface area (Å²) in [5, 5.41) is 1.12. The number of hydrogen-bond acceptors (Lipinski definition) is 5. The van der Waals surface area contributed by atoms with Crippen LogP contribution in [0.25, 0.3) is 10.2 Å². The number of carbonyl (C=O) groups is 1. The molecule has 0 amide bonds. The summed E-state index contributed by atoms with van der Waals surface area (Å²) >= 11 is 1.79. The summed E-state index contributed by atoms with van der Waals surface area (Å²) in [7, 11) is 0. The molecule has 4 rings (SSSR count). The topological polar surface area (TPSA) is 36.4 Å². The maximum Gasteiger partial charge on any atom is 0.186 e. The lowest BCUT2D eigenvalue weighted by Crippen LogP contribution is -2.46. The first-order valence-corrected chi connectivity index (χ1v) is 9.96. The number of benzene rings is 2. The van der Waals surface area contributed by atoms with Crippen LogP contribution in [0.4, 0.5) is 10.8 Å². The number of rotatable bonds is 4. The Labute approximate surface area is 158 Å². The molecule has 0 N–H and O–H groups in total. The zero-order valence-corrected chi connectivity index (χ0v) is 16.1. The fourth-order valence-electron chi connectivity index (χ4n) is 3.37. The van der Waals surface area contributed by atoms with E-state index in [0.717, 1.165) is 48.8 Å². The summed E-state index contributed by atoms with van der Waals surface area (Å²) in [6.07, 6.45) is 1.06. The van der Waals surface area contributed by atoms with Crippen molar-refractivity contribution in [2.24, 2.45) is 0 Å². The van der Waals surface area contributed by atoms with Gasteiger partial charge in [0.2, 0.25) is 0 Å². The van der Waals surface area contributed by atoms with Crippen LogP contribution >= 0.6 is 11.3 Å². The molecule has 0 aliphatic carbocycles. The second-order valence-electron chi connectivity index (χ2n) is 6.73. The predicted octanol–water partition coefficient (Wildman–Crippen LogP) is 4.39. The fraction of sp³-hybridized carbons (Fsp3) is 0.333. The Morgan fingerprint density at radius 2 is 1.73 bits per heavy atom. The molecule has 4 nitrogen and oxygen atoms in total. The van der Waals surface area contributed by atoms with Gasteiger partial charge in [0.05, 0.1) is 10.2 Å². The Bertz CT molecular complexity index is 924. The van der Waals surface area contributed by atoms with Crippen molar-refractivity contribution in [1.82, 2.24) is 4.98 Å². The van der Waals surface area contributed by atoms with Crippen LogP contribution < -0.4 is 9.80 Å². The van der Waals surface area contributed by atoms with Crippen LogP contribution in [0.1, 0.15) is 29.8 Å². The van der Waals surface area contributed by atoms with Crippen molar-refractivity contribution in [3.63, 3.8) is 0 Å². The molecule has 26 heavy (non-hydrogen) atoms. The highest BCUT2D eigenvalue weighted by Crippen LogP contribution is 2.30. The van der Waals surface area contributed by atoms with Gasteiger partial charge >= 0.3 is 0 Å². The molecule has 0 spiro atoms. The standard InChI is InChI=1S/C21H23N3OS/c1-3-16-4-9-19-20(14-16)26-21(22-19)24-12-10-23(11-13-24)18-7-5-17(6-8-18)15(2)25/h4-9,14H,3,10-13H2,1-2H3. The summed E-state index contributed by atoms with van der Waals surface area (Å²) in [5.74, 6) is 0.114. The Kier molecular flexibility index (Phi) is 4.64. The highest BCUT2D eigenvalue weighted by atomic mass is 32.1. The normalized spacial score (nSPS) is 14.8. The molecular formula is C21H23N3OS. The van der Waals surface area contributed by atoms with Crippen LogP contribution in [0.5, 0.6) is 0 Å². The van der Waals surface area contributed by atoms with Crippen molar-refractivity contribution >= 4 is 38.2 Å². The molecule has 0 radical (unpaired) electrons. The number of thiazole rings is 1. The molecule has 134 valence electrons. The third kappa shape index (κ3) is 3.31. The minimum Gasteiger partial charge on any atom is -0.368 e. The number of nitrogens with zero attached hydrogens (tertiary/aromatic N) is 3. The van der Waals surface area contributed by atoms with Gasteiger partial charge in [0.25, 0.3) is 0 Å². The summed E-state index contributed by atoms with van der Waals surface area (Å²) in [5.41, 5.74) is 4.43. The van der Waals surface area contributed by atoms with E-state index in [1.165, 1.54) is 16.0 Å². The van der Waals surface area contributed by atoms with Gasteiger partial charge in [-0.2, -0.15) is 0 Å². The molecule has 1 aromatic heterocycles. The number of fused-ring (bicyclic) bond motifs is 1. The van der Waals surface area contributed by atoms with Gasteiger partial charge in [-0.1, -0.05) is 24.3 Å². The van der Waals surface area contributed by atoms with E-state index in [9.17, 15) is 4.79 Å².